The summed E-state index contributed by atoms with van der Waals surface area (Å²) in [7, 11) is 1.55. The van der Waals surface area contributed by atoms with Gasteiger partial charge in [-0.25, -0.2) is 5.01 Å². The third kappa shape index (κ3) is 3.15. The normalized spacial score (nSPS) is 16.8. The molecule has 0 radical (unpaired) electrons. The van der Waals surface area contributed by atoms with Gasteiger partial charge < -0.3 is 5.32 Å². The first-order chi connectivity index (χ1) is 9.08. The van der Waals surface area contributed by atoms with Crippen molar-refractivity contribution in [1.29, 1.82) is 0 Å². The Labute approximate surface area is 111 Å². The van der Waals surface area contributed by atoms with E-state index in [0.717, 1.165) is 5.69 Å². The van der Waals surface area contributed by atoms with Gasteiger partial charge in [-0.2, -0.15) is 5.10 Å². The van der Waals surface area contributed by atoms with Gasteiger partial charge in [0.2, 0.25) is 5.91 Å². The summed E-state index contributed by atoms with van der Waals surface area (Å²) in [5.41, 5.74) is 1.17. The zero-order chi connectivity index (χ0) is 13.8. The van der Waals surface area contributed by atoms with Gasteiger partial charge in [-0.05, 0) is 19.1 Å². The van der Waals surface area contributed by atoms with Crippen molar-refractivity contribution in [3.63, 3.8) is 0 Å². The van der Waals surface area contributed by atoms with Crippen LogP contribution in [0.1, 0.15) is 31.5 Å². The summed E-state index contributed by atoms with van der Waals surface area (Å²) in [6, 6.07) is 5.35. The summed E-state index contributed by atoms with van der Waals surface area (Å²) in [5, 5.41) is 8.02. The first-order valence-electron chi connectivity index (χ1n) is 6.13. The SMILES string of the molecule is CC(NC(=O)C1=NN(C)C(=O)CC1)c1ccccn1. The van der Waals surface area contributed by atoms with Gasteiger partial charge in [0, 0.05) is 26.1 Å². The second kappa shape index (κ2) is 5.60. The van der Waals surface area contributed by atoms with Crippen LogP contribution in [0, 0.1) is 0 Å². The Balaban J connectivity index is 2.02. The zero-order valence-corrected chi connectivity index (χ0v) is 11.0. The number of aromatic nitrogens is 1. The lowest BCUT2D eigenvalue weighted by Crippen LogP contribution is -2.38. The van der Waals surface area contributed by atoms with Crippen molar-refractivity contribution < 1.29 is 9.59 Å². The third-order valence-corrected chi connectivity index (χ3v) is 2.95. The molecule has 6 heteroatoms. The van der Waals surface area contributed by atoms with Crippen molar-refractivity contribution in [1.82, 2.24) is 15.3 Å². The van der Waals surface area contributed by atoms with Gasteiger partial charge in [0.1, 0.15) is 5.71 Å². The fraction of sp³-hybridized carbons (Fsp3) is 0.385. The van der Waals surface area contributed by atoms with E-state index in [-0.39, 0.29) is 17.9 Å². The molecule has 1 unspecified atom stereocenters. The van der Waals surface area contributed by atoms with E-state index >= 15 is 0 Å². The molecule has 1 aliphatic heterocycles. The molecule has 2 rings (SSSR count). The predicted molar refractivity (Wildman–Crippen MR) is 70.2 cm³/mol. The maximum Gasteiger partial charge on any atom is 0.268 e. The van der Waals surface area contributed by atoms with Crippen LogP contribution in [0.2, 0.25) is 0 Å². The largest absolute Gasteiger partial charge is 0.343 e. The van der Waals surface area contributed by atoms with Crippen molar-refractivity contribution >= 4 is 17.5 Å². The second-order valence-electron chi connectivity index (χ2n) is 4.41. The summed E-state index contributed by atoms with van der Waals surface area (Å²) >= 11 is 0. The Morgan fingerprint density at radius 1 is 1.42 bits per heavy atom. The van der Waals surface area contributed by atoms with E-state index in [9.17, 15) is 9.59 Å². The molecule has 1 aromatic rings. The molecular formula is C13H16N4O2. The van der Waals surface area contributed by atoms with Crippen LogP contribution in [-0.4, -0.2) is 34.6 Å². The molecule has 2 amide bonds. The van der Waals surface area contributed by atoms with Crippen LogP contribution in [0.15, 0.2) is 29.5 Å². The Morgan fingerprint density at radius 3 is 2.84 bits per heavy atom. The quantitative estimate of drug-likeness (QED) is 0.876. The maximum absolute atomic E-state index is 12.0. The molecule has 0 spiro atoms. The molecule has 1 aromatic heterocycles. The Kier molecular flexibility index (Phi) is 3.89. The number of amides is 2. The first-order valence-corrected chi connectivity index (χ1v) is 6.13. The lowest BCUT2D eigenvalue weighted by atomic mass is 10.1. The highest BCUT2D eigenvalue weighted by molar-refractivity contribution is 6.39. The van der Waals surface area contributed by atoms with Crippen LogP contribution in [-0.2, 0) is 9.59 Å². The summed E-state index contributed by atoms with van der Waals surface area (Å²) in [6.45, 7) is 1.86. The highest BCUT2D eigenvalue weighted by atomic mass is 16.2. The minimum Gasteiger partial charge on any atom is -0.343 e. The molecule has 6 nitrogen and oxygen atoms in total. The van der Waals surface area contributed by atoms with E-state index in [0.29, 0.717) is 18.6 Å². The summed E-state index contributed by atoms with van der Waals surface area (Å²) in [5.74, 6) is -0.327. The first kappa shape index (κ1) is 13.2. The molecule has 0 aromatic carbocycles. The average molecular weight is 260 g/mol. The fourth-order valence-corrected chi connectivity index (χ4v) is 1.82. The molecule has 0 bridgehead atoms. The molecule has 0 aliphatic carbocycles. The number of rotatable bonds is 3. The monoisotopic (exact) mass is 260 g/mol. The molecule has 1 atom stereocenters. The summed E-state index contributed by atoms with van der Waals surface area (Å²) in [4.78, 5) is 27.5. The second-order valence-corrected chi connectivity index (χ2v) is 4.41. The fourth-order valence-electron chi connectivity index (χ4n) is 1.82. The van der Waals surface area contributed by atoms with Crippen LogP contribution in [0.4, 0.5) is 0 Å². The lowest BCUT2D eigenvalue weighted by Gasteiger charge is -2.20. The number of nitrogens with zero attached hydrogens (tertiary/aromatic N) is 3. The molecule has 0 saturated heterocycles. The van der Waals surface area contributed by atoms with Gasteiger partial charge in [-0.3, -0.25) is 14.6 Å². The minimum absolute atomic E-state index is 0.0747. The molecule has 1 aliphatic rings. The minimum atomic E-state index is -0.252. The predicted octanol–water partition coefficient (Wildman–Crippen LogP) is 0.867. The number of carbonyl (C=O) groups excluding carboxylic acids is 2. The van der Waals surface area contributed by atoms with Gasteiger partial charge in [-0.1, -0.05) is 6.07 Å². The lowest BCUT2D eigenvalue weighted by molar-refractivity contribution is -0.130. The van der Waals surface area contributed by atoms with Crippen molar-refractivity contribution in [2.24, 2.45) is 5.10 Å². The number of hydrazone groups is 1. The van der Waals surface area contributed by atoms with Gasteiger partial charge in [0.25, 0.3) is 5.91 Å². The van der Waals surface area contributed by atoms with E-state index in [2.05, 4.69) is 15.4 Å². The number of carbonyl (C=O) groups is 2. The van der Waals surface area contributed by atoms with Crippen LogP contribution in [0.3, 0.4) is 0 Å². The topological polar surface area (TPSA) is 74.7 Å². The molecule has 19 heavy (non-hydrogen) atoms. The Hall–Kier alpha value is -2.24. The van der Waals surface area contributed by atoms with Crippen LogP contribution < -0.4 is 5.32 Å². The van der Waals surface area contributed by atoms with E-state index in [4.69, 9.17) is 0 Å². The summed E-state index contributed by atoms with van der Waals surface area (Å²) in [6.07, 6.45) is 2.38. The maximum atomic E-state index is 12.0. The summed E-state index contributed by atoms with van der Waals surface area (Å²) < 4.78 is 0. The van der Waals surface area contributed by atoms with E-state index in [1.54, 1.807) is 13.2 Å². The zero-order valence-electron chi connectivity index (χ0n) is 11.0. The average Bonchev–Trinajstić information content (AvgIpc) is 2.42. The van der Waals surface area contributed by atoms with Crippen LogP contribution >= 0.6 is 0 Å². The number of hydrogen-bond donors (Lipinski definition) is 1. The third-order valence-electron chi connectivity index (χ3n) is 2.95. The Bertz CT molecular complexity index is 513. The highest BCUT2D eigenvalue weighted by Gasteiger charge is 2.23. The van der Waals surface area contributed by atoms with Gasteiger partial charge in [-0.15, -0.1) is 0 Å². The molecule has 1 N–H and O–H groups in total. The van der Waals surface area contributed by atoms with Gasteiger partial charge >= 0.3 is 0 Å². The Morgan fingerprint density at radius 2 is 2.21 bits per heavy atom. The van der Waals surface area contributed by atoms with E-state index in [1.165, 1.54) is 5.01 Å². The van der Waals surface area contributed by atoms with Crippen molar-refractivity contribution in [3.05, 3.63) is 30.1 Å². The van der Waals surface area contributed by atoms with Gasteiger partial charge in [0.15, 0.2) is 0 Å². The molecular weight excluding hydrogens is 244 g/mol. The van der Waals surface area contributed by atoms with Crippen LogP contribution in [0.5, 0.6) is 0 Å². The molecule has 2 heterocycles. The molecule has 100 valence electrons. The van der Waals surface area contributed by atoms with Gasteiger partial charge in [0.05, 0.1) is 11.7 Å². The smallest absolute Gasteiger partial charge is 0.268 e. The molecule has 0 fully saturated rings. The van der Waals surface area contributed by atoms with Crippen LogP contribution in [0.25, 0.3) is 0 Å². The standard InChI is InChI=1S/C13H16N4O2/c1-9(10-5-3-4-8-14-10)15-13(19)11-6-7-12(18)17(2)16-11/h3-5,8-9H,6-7H2,1-2H3,(H,15,19). The van der Waals surface area contributed by atoms with E-state index in [1.807, 2.05) is 25.1 Å². The molecule has 0 saturated carbocycles. The number of nitrogens with one attached hydrogen (secondary N) is 1. The van der Waals surface area contributed by atoms with E-state index < -0.39 is 0 Å². The highest BCUT2D eigenvalue weighted by Crippen LogP contribution is 2.11. The number of hydrogen-bond acceptors (Lipinski definition) is 4. The van der Waals surface area contributed by atoms with Crippen molar-refractivity contribution in [2.75, 3.05) is 7.05 Å². The number of pyridine rings is 1. The van der Waals surface area contributed by atoms with Crippen molar-refractivity contribution in [3.8, 4) is 0 Å². The van der Waals surface area contributed by atoms with Crippen molar-refractivity contribution in [2.45, 2.75) is 25.8 Å².